The molecule has 0 aliphatic heterocycles. The topological polar surface area (TPSA) is 49.3 Å². The maximum absolute atomic E-state index is 11.5. The van der Waals surface area contributed by atoms with E-state index in [1.165, 1.54) is 0 Å². The molecule has 0 unspecified atom stereocenters. The van der Waals surface area contributed by atoms with Crippen molar-refractivity contribution < 1.29 is 9.90 Å². The molecular formula is C10H12BrNO2. The Bertz CT molecular complexity index is 315. The van der Waals surface area contributed by atoms with Gasteiger partial charge in [0.15, 0.2) is 0 Å². The zero-order valence-corrected chi connectivity index (χ0v) is 9.25. The average Bonchev–Trinajstić information content (AvgIpc) is 2.25. The minimum absolute atomic E-state index is 0.0395. The molecule has 1 rings (SSSR count). The molecular weight excluding hydrogens is 246 g/mol. The highest BCUT2D eigenvalue weighted by Gasteiger charge is 2.08. The highest BCUT2D eigenvalue weighted by Crippen LogP contribution is 2.11. The second-order valence-corrected chi connectivity index (χ2v) is 3.33. The summed E-state index contributed by atoms with van der Waals surface area (Å²) in [5, 5.41) is 11.8. The van der Waals surface area contributed by atoms with Crippen LogP contribution in [0.3, 0.4) is 0 Å². The summed E-state index contributed by atoms with van der Waals surface area (Å²) in [6.45, 7) is 0.248. The summed E-state index contributed by atoms with van der Waals surface area (Å²) in [4.78, 5) is 11.5. The Balaban J connectivity index is 2.78. The van der Waals surface area contributed by atoms with E-state index in [9.17, 15) is 4.79 Å². The van der Waals surface area contributed by atoms with Gasteiger partial charge in [0.25, 0.3) is 5.91 Å². The van der Waals surface area contributed by atoms with Crippen molar-refractivity contribution in [1.29, 1.82) is 0 Å². The Morgan fingerprint density at radius 3 is 2.79 bits per heavy atom. The van der Waals surface area contributed by atoms with Gasteiger partial charge < -0.3 is 10.4 Å². The van der Waals surface area contributed by atoms with Crippen molar-refractivity contribution in [3.63, 3.8) is 0 Å². The summed E-state index contributed by atoms with van der Waals surface area (Å²) in [7, 11) is 0. The number of benzene rings is 1. The predicted molar refractivity (Wildman–Crippen MR) is 58.5 cm³/mol. The van der Waals surface area contributed by atoms with Gasteiger partial charge in [-0.2, -0.15) is 0 Å². The maximum Gasteiger partial charge on any atom is 0.251 e. The predicted octanol–water partition coefficient (Wildman–Crippen LogP) is 1.30. The van der Waals surface area contributed by atoms with E-state index in [0.717, 1.165) is 5.56 Å². The van der Waals surface area contributed by atoms with Crippen molar-refractivity contribution in [2.45, 2.75) is 5.33 Å². The molecule has 0 fully saturated rings. The Kier molecular flexibility index (Phi) is 4.62. The molecule has 3 nitrogen and oxygen atoms in total. The highest BCUT2D eigenvalue weighted by atomic mass is 79.9. The lowest BCUT2D eigenvalue weighted by molar-refractivity contribution is 0.0944. The highest BCUT2D eigenvalue weighted by molar-refractivity contribution is 9.08. The first kappa shape index (κ1) is 11.2. The molecule has 14 heavy (non-hydrogen) atoms. The lowest BCUT2D eigenvalue weighted by Gasteiger charge is -2.06. The van der Waals surface area contributed by atoms with Crippen molar-refractivity contribution >= 4 is 21.8 Å². The third kappa shape index (κ3) is 2.82. The smallest absolute Gasteiger partial charge is 0.251 e. The molecule has 1 aromatic rings. The van der Waals surface area contributed by atoms with Gasteiger partial charge in [-0.25, -0.2) is 0 Å². The van der Waals surface area contributed by atoms with E-state index >= 15 is 0 Å². The van der Waals surface area contributed by atoms with E-state index in [2.05, 4.69) is 21.2 Å². The molecule has 1 amide bonds. The van der Waals surface area contributed by atoms with Crippen LogP contribution >= 0.6 is 15.9 Å². The molecule has 0 saturated carbocycles. The number of aliphatic hydroxyl groups excluding tert-OH is 1. The fraction of sp³-hybridized carbons (Fsp3) is 0.300. The van der Waals surface area contributed by atoms with E-state index in [0.29, 0.717) is 10.9 Å². The second kappa shape index (κ2) is 5.78. The summed E-state index contributed by atoms with van der Waals surface area (Å²) < 4.78 is 0. The summed E-state index contributed by atoms with van der Waals surface area (Å²) in [6, 6.07) is 7.37. The van der Waals surface area contributed by atoms with Gasteiger partial charge in [0, 0.05) is 17.4 Å². The van der Waals surface area contributed by atoms with Crippen LogP contribution in [0.1, 0.15) is 15.9 Å². The molecule has 0 atom stereocenters. The summed E-state index contributed by atoms with van der Waals surface area (Å²) in [6.07, 6.45) is 0. The number of aliphatic hydroxyl groups is 1. The van der Waals surface area contributed by atoms with Gasteiger partial charge in [0.1, 0.15) is 0 Å². The number of hydrogen-bond acceptors (Lipinski definition) is 2. The minimum atomic E-state index is -0.144. The summed E-state index contributed by atoms with van der Waals surface area (Å²) in [5.74, 6) is -0.144. The first-order chi connectivity index (χ1) is 6.79. The van der Waals surface area contributed by atoms with Gasteiger partial charge >= 0.3 is 0 Å². The molecule has 4 heteroatoms. The molecule has 76 valence electrons. The lowest BCUT2D eigenvalue weighted by atomic mass is 10.1. The molecule has 0 aliphatic rings. The van der Waals surface area contributed by atoms with Crippen molar-refractivity contribution in [2.75, 3.05) is 13.2 Å². The van der Waals surface area contributed by atoms with Gasteiger partial charge in [-0.15, -0.1) is 0 Å². The van der Waals surface area contributed by atoms with E-state index in [4.69, 9.17) is 5.11 Å². The Morgan fingerprint density at radius 1 is 1.43 bits per heavy atom. The third-order valence-electron chi connectivity index (χ3n) is 1.80. The monoisotopic (exact) mass is 257 g/mol. The van der Waals surface area contributed by atoms with E-state index in [1.54, 1.807) is 6.07 Å². The quantitative estimate of drug-likeness (QED) is 0.800. The van der Waals surface area contributed by atoms with Crippen LogP contribution < -0.4 is 5.32 Å². The van der Waals surface area contributed by atoms with Crippen LogP contribution in [0.25, 0.3) is 0 Å². The maximum atomic E-state index is 11.5. The average molecular weight is 258 g/mol. The molecule has 0 spiro atoms. The summed E-state index contributed by atoms with van der Waals surface area (Å²) in [5.41, 5.74) is 1.60. The van der Waals surface area contributed by atoms with Gasteiger partial charge in [-0.05, 0) is 11.6 Å². The number of halogens is 1. The van der Waals surface area contributed by atoms with Gasteiger partial charge in [-0.3, -0.25) is 4.79 Å². The van der Waals surface area contributed by atoms with E-state index < -0.39 is 0 Å². The number of nitrogens with one attached hydrogen (secondary N) is 1. The van der Waals surface area contributed by atoms with Crippen LogP contribution in [0.4, 0.5) is 0 Å². The van der Waals surface area contributed by atoms with Crippen molar-refractivity contribution in [3.05, 3.63) is 35.4 Å². The fourth-order valence-corrected chi connectivity index (χ4v) is 1.61. The van der Waals surface area contributed by atoms with Crippen LogP contribution in [0, 0.1) is 0 Å². The van der Waals surface area contributed by atoms with Gasteiger partial charge in [0.2, 0.25) is 0 Å². The minimum Gasteiger partial charge on any atom is -0.395 e. The lowest BCUT2D eigenvalue weighted by Crippen LogP contribution is -2.27. The Morgan fingerprint density at radius 2 is 2.14 bits per heavy atom. The standard InChI is InChI=1S/C10H12BrNO2/c11-7-8-3-1-2-4-9(8)10(14)12-5-6-13/h1-4,13H,5-7H2,(H,12,14). The van der Waals surface area contributed by atoms with Crippen LogP contribution in [0.5, 0.6) is 0 Å². The van der Waals surface area contributed by atoms with Crippen LogP contribution in [0.2, 0.25) is 0 Å². The SMILES string of the molecule is O=C(NCCO)c1ccccc1CBr. The number of alkyl halides is 1. The van der Waals surface area contributed by atoms with Crippen LogP contribution in [0.15, 0.2) is 24.3 Å². The Labute approximate surface area is 91.3 Å². The number of carbonyl (C=O) groups excluding carboxylic acids is 1. The van der Waals surface area contributed by atoms with Crippen molar-refractivity contribution in [2.24, 2.45) is 0 Å². The van der Waals surface area contributed by atoms with Gasteiger partial charge in [0.05, 0.1) is 6.61 Å². The van der Waals surface area contributed by atoms with E-state index in [-0.39, 0.29) is 19.1 Å². The fourth-order valence-electron chi connectivity index (χ4n) is 1.12. The molecule has 0 aliphatic carbocycles. The molecule has 0 radical (unpaired) electrons. The number of hydrogen-bond donors (Lipinski definition) is 2. The second-order valence-electron chi connectivity index (χ2n) is 2.77. The van der Waals surface area contributed by atoms with Crippen LogP contribution in [-0.2, 0) is 5.33 Å². The van der Waals surface area contributed by atoms with E-state index in [1.807, 2.05) is 18.2 Å². The zero-order valence-electron chi connectivity index (χ0n) is 7.66. The molecule has 2 N–H and O–H groups in total. The van der Waals surface area contributed by atoms with Crippen molar-refractivity contribution in [1.82, 2.24) is 5.32 Å². The largest absolute Gasteiger partial charge is 0.395 e. The zero-order chi connectivity index (χ0) is 10.4. The summed E-state index contributed by atoms with van der Waals surface area (Å²) >= 11 is 3.32. The van der Waals surface area contributed by atoms with Crippen LogP contribution in [-0.4, -0.2) is 24.2 Å². The molecule has 0 heterocycles. The number of carbonyl (C=O) groups is 1. The van der Waals surface area contributed by atoms with Gasteiger partial charge in [-0.1, -0.05) is 34.1 Å². The Hall–Kier alpha value is -0.870. The first-order valence-corrected chi connectivity index (χ1v) is 5.44. The molecule has 0 bridgehead atoms. The number of amides is 1. The normalized spacial score (nSPS) is 9.86. The number of rotatable bonds is 4. The first-order valence-electron chi connectivity index (χ1n) is 4.32. The molecule has 1 aromatic carbocycles. The third-order valence-corrected chi connectivity index (χ3v) is 2.41. The molecule has 0 saturated heterocycles. The molecule has 0 aromatic heterocycles. The van der Waals surface area contributed by atoms with Crippen molar-refractivity contribution in [3.8, 4) is 0 Å².